The van der Waals surface area contributed by atoms with Gasteiger partial charge in [-0.2, -0.15) is 0 Å². The summed E-state index contributed by atoms with van der Waals surface area (Å²) in [6, 6.07) is 24.0. The molecule has 1 nitrogen and oxygen atoms in total. The maximum atomic E-state index is 6.47. The van der Waals surface area contributed by atoms with Crippen LogP contribution in [-0.4, -0.2) is 0 Å². The van der Waals surface area contributed by atoms with Crippen molar-refractivity contribution in [1.82, 2.24) is 0 Å². The summed E-state index contributed by atoms with van der Waals surface area (Å²) < 4.78 is 6.47. The van der Waals surface area contributed by atoms with E-state index in [0.717, 1.165) is 11.5 Å². The van der Waals surface area contributed by atoms with Crippen LogP contribution in [0.4, 0.5) is 0 Å². The summed E-state index contributed by atoms with van der Waals surface area (Å²) in [4.78, 5) is 0. The Labute approximate surface area is 145 Å². The Morgan fingerprint density at radius 2 is 1.42 bits per heavy atom. The van der Waals surface area contributed by atoms with Crippen LogP contribution < -0.4 is 20.7 Å². The molecule has 0 aromatic heterocycles. The van der Waals surface area contributed by atoms with Crippen LogP contribution in [0.25, 0.3) is 0 Å². The molecule has 1 atom stereocenters. The highest BCUT2D eigenvalue weighted by Crippen LogP contribution is 2.47. The van der Waals surface area contributed by atoms with Crippen LogP contribution in [0.1, 0.15) is 30.9 Å². The molecule has 24 heavy (non-hydrogen) atoms. The summed E-state index contributed by atoms with van der Waals surface area (Å²) >= 11 is 0. The first-order valence-electron chi connectivity index (χ1n) is 8.42. The summed E-state index contributed by atoms with van der Waals surface area (Å²) in [6.45, 7) is 6.61. The van der Waals surface area contributed by atoms with E-state index in [0.29, 0.717) is 5.92 Å². The van der Waals surface area contributed by atoms with Gasteiger partial charge in [-0.05, 0) is 37.2 Å². The maximum absolute atomic E-state index is 6.47. The van der Waals surface area contributed by atoms with Gasteiger partial charge in [-0.15, -0.1) is 0 Å². The van der Waals surface area contributed by atoms with Crippen molar-refractivity contribution < 1.29 is 4.74 Å². The minimum atomic E-state index is -0.581. The maximum Gasteiger partial charge on any atom is 0.139 e. The van der Waals surface area contributed by atoms with Crippen molar-refractivity contribution >= 4 is 23.8 Å². The molecule has 1 unspecified atom stereocenters. The summed E-state index contributed by atoms with van der Waals surface area (Å²) in [5.41, 5.74) is 2.50. The number of hydrogen-bond donors (Lipinski definition) is 0. The topological polar surface area (TPSA) is 9.23 Å². The highest BCUT2D eigenvalue weighted by Gasteiger charge is 2.31. The molecule has 0 bridgehead atoms. The summed E-state index contributed by atoms with van der Waals surface area (Å²) in [7, 11) is -0.581. The molecule has 120 valence electrons. The Kier molecular flexibility index (Phi) is 3.90. The fraction of sp³-hybridized carbons (Fsp3) is 0.182. The van der Waals surface area contributed by atoms with Crippen molar-refractivity contribution in [2.45, 2.75) is 26.7 Å². The molecule has 0 aliphatic carbocycles. The molecular weight excluding hydrogens is 311 g/mol. The smallest absolute Gasteiger partial charge is 0.139 e. The molecule has 0 fully saturated rings. The number of benzene rings is 3. The van der Waals surface area contributed by atoms with Gasteiger partial charge in [0, 0.05) is 10.6 Å². The van der Waals surface area contributed by atoms with E-state index in [1.807, 2.05) is 0 Å². The van der Waals surface area contributed by atoms with Gasteiger partial charge in [-0.25, -0.2) is 0 Å². The van der Waals surface area contributed by atoms with E-state index < -0.39 is 7.92 Å². The number of rotatable bonds is 2. The number of aryl methyl sites for hydroxylation is 1. The molecule has 0 N–H and O–H groups in total. The van der Waals surface area contributed by atoms with Crippen LogP contribution in [0.15, 0.2) is 66.7 Å². The van der Waals surface area contributed by atoms with Crippen LogP contribution in [0.5, 0.6) is 11.5 Å². The second-order valence-corrected chi connectivity index (χ2v) is 8.70. The van der Waals surface area contributed by atoms with Gasteiger partial charge in [0.25, 0.3) is 0 Å². The first kappa shape index (κ1) is 15.4. The lowest BCUT2D eigenvalue weighted by Crippen LogP contribution is -2.28. The second-order valence-electron chi connectivity index (χ2n) is 6.55. The lowest BCUT2D eigenvalue weighted by Gasteiger charge is -2.31. The van der Waals surface area contributed by atoms with Gasteiger partial charge in [0.15, 0.2) is 0 Å². The number of ether oxygens (including phenoxy) is 1. The van der Waals surface area contributed by atoms with Crippen molar-refractivity contribution in [1.29, 1.82) is 0 Å². The van der Waals surface area contributed by atoms with Gasteiger partial charge in [0.05, 0.1) is 0 Å². The largest absolute Gasteiger partial charge is 0.455 e. The fourth-order valence-electron chi connectivity index (χ4n) is 3.32. The van der Waals surface area contributed by atoms with Crippen molar-refractivity contribution in [2.75, 3.05) is 0 Å². The highest BCUT2D eigenvalue weighted by molar-refractivity contribution is 7.80. The third-order valence-corrected chi connectivity index (χ3v) is 7.02. The van der Waals surface area contributed by atoms with E-state index in [1.54, 1.807) is 0 Å². The molecule has 0 saturated heterocycles. The van der Waals surface area contributed by atoms with Crippen molar-refractivity contribution in [3.05, 3.63) is 77.9 Å². The number of hydrogen-bond acceptors (Lipinski definition) is 1. The van der Waals surface area contributed by atoms with Gasteiger partial charge < -0.3 is 4.74 Å². The average Bonchev–Trinajstić information content (AvgIpc) is 2.60. The van der Waals surface area contributed by atoms with Crippen LogP contribution >= 0.6 is 7.92 Å². The van der Waals surface area contributed by atoms with E-state index in [9.17, 15) is 0 Å². The van der Waals surface area contributed by atoms with Crippen LogP contribution in [0.2, 0.25) is 0 Å². The molecule has 4 rings (SSSR count). The van der Waals surface area contributed by atoms with Gasteiger partial charge in [-0.3, -0.25) is 0 Å². The van der Waals surface area contributed by atoms with Crippen molar-refractivity contribution in [2.24, 2.45) is 0 Å². The Hall–Kier alpha value is -2.11. The highest BCUT2D eigenvalue weighted by atomic mass is 31.1. The van der Waals surface area contributed by atoms with Crippen molar-refractivity contribution in [3.8, 4) is 11.5 Å². The predicted octanol–water partition coefficient (Wildman–Crippen LogP) is 4.98. The first-order valence-corrected chi connectivity index (χ1v) is 9.76. The molecule has 0 amide bonds. The molecule has 1 heterocycles. The monoisotopic (exact) mass is 332 g/mol. The van der Waals surface area contributed by atoms with Crippen LogP contribution in [-0.2, 0) is 0 Å². The van der Waals surface area contributed by atoms with Crippen LogP contribution in [0, 0.1) is 6.92 Å². The van der Waals surface area contributed by atoms with E-state index in [4.69, 9.17) is 4.74 Å². The standard InChI is InChI=1S/C22H21OP/c1-15(2)18-12-8-14-20-22(18)23-21-16(3)9-7-13-19(21)24(20)17-10-5-4-6-11-17/h4-15H,1-3H3. The molecule has 3 aromatic carbocycles. The van der Waals surface area contributed by atoms with Gasteiger partial charge in [0.1, 0.15) is 11.5 Å². The fourth-order valence-corrected chi connectivity index (χ4v) is 5.88. The average molecular weight is 332 g/mol. The molecule has 1 aliphatic heterocycles. The zero-order chi connectivity index (χ0) is 16.7. The molecule has 0 spiro atoms. The molecule has 2 heteroatoms. The molecular formula is C22H21OP. The summed E-state index contributed by atoms with van der Waals surface area (Å²) in [5, 5.41) is 4.04. The Morgan fingerprint density at radius 1 is 0.750 bits per heavy atom. The SMILES string of the molecule is Cc1cccc2c1Oc1c(C(C)C)cccc1P2c1ccccc1. The number of fused-ring (bicyclic) bond motifs is 2. The van der Waals surface area contributed by atoms with Gasteiger partial charge in [0.2, 0.25) is 0 Å². The minimum Gasteiger partial charge on any atom is -0.455 e. The lowest BCUT2D eigenvalue weighted by atomic mass is 10.0. The molecule has 0 radical (unpaired) electrons. The number of para-hydroxylation sites is 2. The van der Waals surface area contributed by atoms with E-state index in [1.165, 1.54) is 27.0 Å². The molecule has 1 aliphatic rings. The Morgan fingerprint density at radius 3 is 2.12 bits per heavy atom. The normalized spacial score (nSPS) is 15.6. The van der Waals surface area contributed by atoms with Crippen LogP contribution in [0.3, 0.4) is 0 Å². The third kappa shape index (κ3) is 2.44. The quantitative estimate of drug-likeness (QED) is 0.470. The first-order chi connectivity index (χ1) is 11.7. The minimum absolute atomic E-state index is 0.443. The van der Waals surface area contributed by atoms with Gasteiger partial charge in [-0.1, -0.05) is 80.6 Å². The van der Waals surface area contributed by atoms with E-state index >= 15 is 0 Å². The summed E-state index contributed by atoms with van der Waals surface area (Å²) in [5.74, 6) is 2.57. The van der Waals surface area contributed by atoms with E-state index in [-0.39, 0.29) is 0 Å². The molecule has 3 aromatic rings. The molecule has 0 saturated carbocycles. The van der Waals surface area contributed by atoms with Gasteiger partial charge >= 0.3 is 0 Å². The Bertz CT molecular complexity index is 884. The second kappa shape index (κ2) is 6.07. The zero-order valence-corrected chi connectivity index (χ0v) is 15.2. The van der Waals surface area contributed by atoms with Crippen molar-refractivity contribution in [3.63, 3.8) is 0 Å². The summed E-state index contributed by atoms with van der Waals surface area (Å²) in [6.07, 6.45) is 0. The predicted molar refractivity (Wildman–Crippen MR) is 104 cm³/mol. The van der Waals surface area contributed by atoms with E-state index in [2.05, 4.69) is 87.5 Å². The Balaban J connectivity index is 2.01. The third-order valence-electron chi connectivity index (χ3n) is 4.54. The zero-order valence-electron chi connectivity index (χ0n) is 14.3. The lowest BCUT2D eigenvalue weighted by molar-refractivity contribution is 0.475.